The molecule has 1 fully saturated rings. The minimum atomic E-state index is -1.19. The lowest BCUT2D eigenvalue weighted by Gasteiger charge is -2.37. The minimum absolute atomic E-state index is 0.209. The molecule has 0 bridgehead atoms. The van der Waals surface area contributed by atoms with Gasteiger partial charge in [-0.25, -0.2) is 9.78 Å². The molecular weight excluding hydrogens is 252 g/mol. The van der Waals surface area contributed by atoms with Crippen molar-refractivity contribution in [2.24, 2.45) is 0 Å². The number of hydrogen-bond donors (Lipinski definition) is 1. The van der Waals surface area contributed by atoms with E-state index in [1.165, 1.54) is 13.5 Å². The zero-order valence-electron chi connectivity index (χ0n) is 10.9. The van der Waals surface area contributed by atoms with Crippen LogP contribution in [0.5, 0.6) is 0 Å². The van der Waals surface area contributed by atoms with E-state index in [0.717, 1.165) is 0 Å². The van der Waals surface area contributed by atoms with E-state index in [4.69, 9.17) is 9.15 Å². The van der Waals surface area contributed by atoms with Gasteiger partial charge in [0.15, 0.2) is 12.0 Å². The minimum Gasteiger partial charge on any atom is -0.479 e. The number of carboxylic acids is 1. The van der Waals surface area contributed by atoms with E-state index in [1.54, 1.807) is 11.8 Å². The fourth-order valence-electron chi connectivity index (χ4n) is 2.23. The molecule has 1 aromatic heterocycles. The summed E-state index contributed by atoms with van der Waals surface area (Å²) in [4.78, 5) is 28.8. The van der Waals surface area contributed by atoms with Crippen LogP contribution >= 0.6 is 0 Å². The third-order valence-corrected chi connectivity index (χ3v) is 3.58. The van der Waals surface area contributed by atoms with Crippen molar-refractivity contribution in [3.63, 3.8) is 0 Å². The zero-order valence-corrected chi connectivity index (χ0v) is 10.9. The smallest absolute Gasteiger partial charge is 0.336 e. The van der Waals surface area contributed by atoms with Crippen molar-refractivity contribution >= 4 is 11.9 Å². The lowest BCUT2D eigenvalue weighted by molar-refractivity contribution is -0.167. The summed E-state index contributed by atoms with van der Waals surface area (Å²) in [6.45, 7) is 2.33. The maximum atomic E-state index is 12.2. The topological polar surface area (TPSA) is 92.9 Å². The second-order valence-corrected chi connectivity index (χ2v) is 4.56. The standard InChI is InChI=1S/C12H16N2O5/c1-8-9(19-7-13-8)10(15)14-5-3-12(18-2,4-6-14)11(16)17/h7H,3-6H2,1-2H3,(H,16,17). The molecule has 1 aromatic rings. The molecule has 0 unspecified atom stereocenters. The molecule has 1 saturated heterocycles. The molecule has 0 aromatic carbocycles. The van der Waals surface area contributed by atoms with Gasteiger partial charge < -0.3 is 19.2 Å². The van der Waals surface area contributed by atoms with Gasteiger partial charge in [-0.05, 0) is 6.92 Å². The molecule has 0 aliphatic carbocycles. The molecule has 0 saturated carbocycles. The van der Waals surface area contributed by atoms with Crippen molar-refractivity contribution < 1.29 is 23.8 Å². The average molecular weight is 268 g/mol. The van der Waals surface area contributed by atoms with Crippen molar-refractivity contribution in [2.75, 3.05) is 20.2 Å². The van der Waals surface area contributed by atoms with Gasteiger partial charge in [0.1, 0.15) is 0 Å². The predicted molar refractivity (Wildman–Crippen MR) is 63.8 cm³/mol. The van der Waals surface area contributed by atoms with Gasteiger partial charge in [0.2, 0.25) is 5.76 Å². The van der Waals surface area contributed by atoms with Crippen molar-refractivity contribution in [1.82, 2.24) is 9.88 Å². The normalized spacial score (nSPS) is 18.3. The van der Waals surface area contributed by atoms with E-state index in [-0.39, 0.29) is 24.5 Å². The second-order valence-electron chi connectivity index (χ2n) is 4.56. The van der Waals surface area contributed by atoms with E-state index in [9.17, 15) is 14.7 Å². The molecule has 2 heterocycles. The quantitative estimate of drug-likeness (QED) is 0.866. The molecule has 7 nitrogen and oxygen atoms in total. The lowest BCUT2D eigenvalue weighted by atomic mass is 9.91. The Kier molecular flexibility index (Phi) is 3.57. The summed E-state index contributed by atoms with van der Waals surface area (Å²) in [5.41, 5.74) is -0.653. The van der Waals surface area contributed by atoms with Gasteiger partial charge in [0.05, 0.1) is 5.69 Å². The second kappa shape index (κ2) is 5.00. The van der Waals surface area contributed by atoms with Gasteiger partial charge in [0, 0.05) is 33.0 Å². The van der Waals surface area contributed by atoms with Gasteiger partial charge in [-0.3, -0.25) is 4.79 Å². The van der Waals surface area contributed by atoms with E-state index in [1.807, 2.05) is 0 Å². The number of aryl methyl sites for hydroxylation is 1. The number of carbonyl (C=O) groups excluding carboxylic acids is 1. The molecule has 1 N–H and O–H groups in total. The van der Waals surface area contributed by atoms with Crippen LogP contribution in [-0.2, 0) is 9.53 Å². The van der Waals surface area contributed by atoms with Gasteiger partial charge in [-0.2, -0.15) is 0 Å². The fourth-order valence-corrected chi connectivity index (χ4v) is 2.23. The number of amides is 1. The highest BCUT2D eigenvalue weighted by Gasteiger charge is 2.43. The molecule has 0 atom stereocenters. The lowest BCUT2D eigenvalue weighted by Crippen LogP contribution is -2.52. The van der Waals surface area contributed by atoms with Crippen LogP contribution < -0.4 is 0 Å². The van der Waals surface area contributed by atoms with Crippen LogP contribution in [0.25, 0.3) is 0 Å². The number of piperidine rings is 1. The first-order chi connectivity index (χ1) is 9.00. The summed E-state index contributed by atoms with van der Waals surface area (Å²) < 4.78 is 10.2. The molecule has 2 rings (SSSR count). The van der Waals surface area contributed by atoms with Crippen LogP contribution in [0.1, 0.15) is 29.1 Å². The number of likely N-dealkylation sites (tertiary alicyclic amines) is 1. The number of methoxy groups -OCH3 is 1. The number of ether oxygens (including phenoxy) is 1. The van der Waals surface area contributed by atoms with E-state index >= 15 is 0 Å². The number of carbonyl (C=O) groups is 2. The molecule has 0 radical (unpaired) electrons. The van der Waals surface area contributed by atoms with Gasteiger partial charge in [-0.1, -0.05) is 0 Å². The van der Waals surface area contributed by atoms with E-state index in [0.29, 0.717) is 18.8 Å². The summed E-state index contributed by atoms with van der Waals surface area (Å²) in [5, 5.41) is 9.18. The third kappa shape index (κ3) is 2.33. The summed E-state index contributed by atoms with van der Waals surface area (Å²) in [7, 11) is 1.38. The number of aliphatic carboxylic acids is 1. The average Bonchev–Trinajstić information content (AvgIpc) is 2.84. The van der Waals surface area contributed by atoms with E-state index in [2.05, 4.69) is 4.98 Å². The molecule has 1 aliphatic rings. The Morgan fingerprint density at radius 1 is 1.47 bits per heavy atom. The molecule has 7 heteroatoms. The Morgan fingerprint density at radius 3 is 2.53 bits per heavy atom. The predicted octanol–water partition coefficient (Wildman–Crippen LogP) is 0.689. The first-order valence-electron chi connectivity index (χ1n) is 5.98. The van der Waals surface area contributed by atoms with Gasteiger partial charge >= 0.3 is 5.97 Å². The largest absolute Gasteiger partial charge is 0.479 e. The first-order valence-corrected chi connectivity index (χ1v) is 5.98. The molecular formula is C12H16N2O5. The maximum Gasteiger partial charge on any atom is 0.336 e. The molecule has 1 amide bonds. The highest BCUT2D eigenvalue weighted by molar-refractivity contribution is 5.92. The van der Waals surface area contributed by atoms with Crippen LogP contribution in [0.4, 0.5) is 0 Å². The van der Waals surface area contributed by atoms with Crippen LogP contribution in [-0.4, -0.2) is 52.7 Å². The number of hydrogen-bond acceptors (Lipinski definition) is 5. The highest BCUT2D eigenvalue weighted by atomic mass is 16.5. The Morgan fingerprint density at radius 2 is 2.11 bits per heavy atom. The number of nitrogens with zero attached hydrogens (tertiary/aromatic N) is 2. The van der Waals surface area contributed by atoms with Crippen molar-refractivity contribution in [2.45, 2.75) is 25.4 Å². The van der Waals surface area contributed by atoms with Gasteiger partial charge in [0.25, 0.3) is 5.91 Å². The highest BCUT2D eigenvalue weighted by Crippen LogP contribution is 2.27. The van der Waals surface area contributed by atoms with Crippen LogP contribution in [0.3, 0.4) is 0 Å². The fraction of sp³-hybridized carbons (Fsp3) is 0.583. The molecule has 1 aliphatic heterocycles. The summed E-state index contributed by atoms with van der Waals surface area (Å²) in [6, 6.07) is 0. The van der Waals surface area contributed by atoms with Gasteiger partial charge in [-0.15, -0.1) is 0 Å². The number of aromatic nitrogens is 1. The van der Waals surface area contributed by atoms with E-state index < -0.39 is 11.6 Å². The molecule has 19 heavy (non-hydrogen) atoms. The number of oxazole rings is 1. The van der Waals surface area contributed by atoms with Crippen LogP contribution in [0.2, 0.25) is 0 Å². The maximum absolute atomic E-state index is 12.2. The number of rotatable bonds is 3. The Hall–Kier alpha value is -1.89. The van der Waals surface area contributed by atoms with Crippen molar-refractivity contribution in [3.8, 4) is 0 Å². The first kappa shape index (κ1) is 13.5. The van der Waals surface area contributed by atoms with Crippen molar-refractivity contribution in [3.05, 3.63) is 17.8 Å². The Labute approximate surface area is 110 Å². The third-order valence-electron chi connectivity index (χ3n) is 3.58. The Balaban J connectivity index is 2.06. The zero-order chi connectivity index (χ0) is 14.0. The Bertz CT molecular complexity index is 488. The summed E-state index contributed by atoms with van der Waals surface area (Å²) in [6.07, 6.45) is 1.75. The SMILES string of the molecule is COC1(C(=O)O)CCN(C(=O)c2ocnc2C)CC1. The van der Waals surface area contributed by atoms with Crippen LogP contribution in [0, 0.1) is 6.92 Å². The van der Waals surface area contributed by atoms with Crippen molar-refractivity contribution in [1.29, 1.82) is 0 Å². The molecule has 0 spiro atoms. The monoisotopic (exact) mass is 268 g/mol. The summed E-state index contributed by atoms with van der Waals surface area (Å²) in [5.74, 6) is -1.04. The number of carboxylic acid groups (broad SMARTS) is 1. The summed E-state index contributed by atoms with van der Waals surface area (Å²) >= 11 is 0. The van der Waals surface area contributed by atoms with Crippen LogP contribution in [0.15, 0.2) is 10.8 Å². The molecule has 104 valence electrons.